The van der Waals surface area contributed by atoms with Crippen LogP contribution >= 0.6 is 43.5 Å². The smallest absolute Gasteiger partial charge is 0.178 e. The fraction of sp³-hybridized carbons (Fsp3) is 0.300. The van der Waals surface area contributed by atoms with Crippen LogP contribution in [0.2, 0.25) is 5.02 Å². The van der Waals surface area contributed by atoms with Crippen molar-refractivity contribution in [3.05, 3.63) is 28.8 Å². The zero-order valence-corrected chi connectivity index (χ0v) is 11.9. The molecule has 0 aliphatic carbocycles. The minimum absolute atomic E-state index is 0.0421. The van der Waals surface area contributed by atoms with Gasteiger partial charge in [-0.25, -0.2) is 0 Å². The van der Waals surface area contributed by atoms with Crippen molar-refractivity contribution < 1.29 is 9.53 Å². The third-order valence-corrected chi connectivity index (χ3v) is 4.43. The minimum atomic E-state index is -0.261. The predicted molar refractivity (Wildman–Crippen MR) is 68.8 cm³/mol. The molecule has 0 N–H and O–H groups in total. The molecule has 0 spiro atoms. The highest BCUT2D eigenvalue weighted by Gasteiger charge is 2.18. The maximum absolute atomic E-state index is 11.8. The van der Waals surface area contributed by atoms with E-state index < -0.39 is 0 Å². The molecule has 1 atom stereocenters. The van der Waals surface area contributed by atoms with Crippen LogP contribution in [0.4, 0.5) is 0 Å². The minimum Gasteiger partial charge on any atom is -0.497 e. The Morgan fingerprint density at radius 2 is 2.27 bits per heavy atom. The molecule has 0 saturated carbocycles. The van der Waals surface area contributed by atoms with Crippen molar-refractivity contribution in [3.8, 4) is 5.75 Å². The fourth-order valence-corrected chi connectivity index (χ4v) is 1.87. The highest BCUT2D eigenvalue weighted by Crippen LogP contribution is 2.25. The molecule has 0 bridgehead atoms. The molecule has 0 amide bonds. The number of benzene rings is 1. The standard InChI is InChI=1S/C10H9Br2ClO2/c1-15-6-2-3-7(9(13)4-6)10(14)8(12)5-11/h2-4,8H,5H2,1H3. The Morgan fingerprint density at radius 3 is 2.73 bits per heavy atom. The van der Waals surface area contributed by atoms with Crippen LogP contribution in [-0.4, -0.2) is 23.1 Å². The Hall–Kier alpha value is -0.0600. The lowest BCUT2D eigenvalue weighted by Gasteiger charge is -2.08. The van der Waals surface area contributed by atoms with Gasteiger partial charge in [0.2, 0.25) is 0 Å². The third kappa shape index (κ3) is 3.20. The number of carbonyl (C=O) groups is 1. The summed E-state index contributed by atoms with van der Waals surface area (Å²) in [5.41, 5.74) is 0.499. The molecule has 0 fully saturated rings. The molecule has 1 unspecified atom stereocenters. The van der Waals surface area contributed by atoms with Gasteiger partial charge in [0.15, 0.2) is 5.78 Å². The molecule has 0 aliphatic rings. The second-order valence-electron chi connectivity index (χ2n) is 2.83. The van der Waals surface area contributed by atoms with Crippen LogP contribution in [0.3, 0.4) is 0 Å². The van der Waals surface area contributed by atoms with E-state index in [1.54, 1.807) is 25.3 Å². The molecule has 0 aliphatic heterocycles. The molecule has 0 saturated heterocycles. The van der Waals surface area contributed by atoms with Crippen molar-refractivity contribution in [1.29, 1.82) is 0 Å². The van der Waals surface area contributed by atoms with Gasteiger partial charge in [0.1, 0.15) is 5.75 Å². The SMILES string of the molecule is COc1ccc(C(=O)C(Br)CBr)c(Cl)c1. The predicted octanol–water partition coefficient (Wildman–Crippen LogP) is 3.69. The van der Waals surface area contributed by atoms with Crippen molar-refractivity contribution >= 4 is 49.2 Å². The van der Waals surface area contributed by atoms with E-state index in [4.69, 9.17) is 16.3 Å². The summed E-state index contributed by atoms with van der Waals surface area (Å²) >= 11 is 12.5. The molecule has 1 aromatic carbocycles. The molecular weight excluding hydrogens is 347 g/mol. The average molecular weight is 356 g/mol. The number of alkyl halides is 2. The van der Waals surface area contributed by atoms with Crippen LogP contribution < -0.4 is 4.74 Å². The van der Waals surface area contributed by atoms with Gasteiger partial charge in [0.25, 0.3) is 0 Å². The number of carbonyl (C=O) groups excluding carboxylic acids is 1. The second kappa shape index (κ2) is 5.87. The van der Waals surface area contributed by atoms with E-state index in [0.717, 1.165) is 0 Å². The number of ketones is 1. The summed E-state index contributed by atoms with van der Waals surface area (Å²) in [5.74, 6) is 0.598. The molecule has 2 nitrogen and oxygen atoms in total. The van der Waals surface area contributed by atoms with E-state index in [2.05, 4.69) is 31.9 Å². The van der Waals surface area contributed by atoms with Crippen LogP contribution in [0.1, 0.15) is 10.4 Å². The molecule has 0 heterocycles. The van der Waals surface area contributed by atoms with Gasteiger partial charge in [-0.15, -0.1) is 0 Å². The van der Waals surface area contributed by atoms with E-state index in [1.165, 1.54) is 0 Å². The van der Waals surface area contributed by atoms with E-state index in [-0.39, 0.29) is 10.6 Å². The lowest BCUT2D eigenvalue weighted by Crippen LogP contribution is -2.15. The molecule has 1 rings (SSSR count). The molecule has 82 valence electrons. The zero-order chi connectivity index (χ0) is 11.4. The first-order valence-electron chi connectivity index (χ1n) is 4.18. The average Bonchev–Trinajstić information content (AvgIpc) is 2.26. The largest absolute Gasteiger partial charge is 0.497 e. The summed E-state index contributed by atoms with van der Waals surface area (Å²) in [6, 6.07) is 5.01. The zero-order valence-electron chi connectivity index (χ0n) is 7.97. The molecule has 0 aromatic heterocycles. The van der Waals surface area contributed by atoms with Gasteiger partial charge >= 0.3 is 0 Å². The second-order valence-corrected chi connectivity index (χ2v) is 4.99. The summed E-state index contributed by atoms with van der Waals surface area (Å²) in [4.78, 5) is 11.5. The van der Waals surface area contributed by atoms with E-state index in [1.807, 2.05) is 0 Å². The van der Waals surface area contributed by atoms with Crippen LogP contribution in [0.15, 0.2) is 18.2 Å². The summed E-state index contributed by atoms with van der Waals surface area (Å²) < 4.78 is 5.00. The molecule has 0 radical (unpaired) electrons. The van der Waals surface area contributed by atoms with E-state index in [0.29, 0.717) is 21.7 Å². The fourth-order valence-electron chi connectivity index (χ4n) is 1.06. The maximum atomic E-state index is 11.8. The molecule has 1 aromatic rings. The topological polar surface area (TPSA) is 26.3 Å². The van der Waals surface area contributed by atoms with Gasteiger partial charge in [0, 0.05) is 10.9 Å². The van der Waals surface area contributed by atoms with E-state index in [9.17, 15) is 4.79 Å². The lowest BCUT2D eigenvalue weighted by molar-refractivity contribution is 0.0997. The van der Waals surface area contributed by atoms with Gasteiger partial charge in [-0.1, -0.05) is 43.5 Å². The Labute approximate surface area is 110 Å². The monoisotopic (exact) mass is 354 g/mol. The van der Waals surface area contributed by atoms with Crippen LogP contribution in [0.5, 0.6) is 5.75 Å². The number of hydrogen-bond donors (Lipinski definition) is 0. The normalized spacial score (nSPS) is 12.3. The number of methoxy groups -OCH3 is 1. The van der Waals surface area contributed by atoms with Gasteiger partial charge in [-0.2, -0.15) is 0 Å². The molecule has 5 heteroatoms. The lowest BCUT2D eigenvalue weighted by atomic mass is 10.1. The van der Waals surface area contributed by atoms with Crippen molar-refractivity contribution in [3.63, 3.8) is 0 Å². The van der Waals surface area contributed by atoms with E-state index >= 15 is 0 Å². The Kier molecular flexibility index (Phi) is 5.09. The van der Waals surface area contributed by atoms with Crippen LogP contribution in [-0.2, 0) is 0 Å². The third-order valence-electron chi connectivity index (χ3n) is 1.86. The Morgan fingerprint density at radius 1 is 1.60 bits per heavy atom. The molecule has 15 heavy (non-hydrogen) atoms. The van der Waals surface area contributed by atoms with Crippen molar-refractivity contribution in [2.75, 3.05) is 12.4 Å². The maximum Gasteiger partial charge on any atom is 0.178 e. The van der Waals surface area contributed by atoms with Crippen LogP contribution in [0.25, 0.3) is 0 Å². The number of Topliss-reactive ketones (excluding diaryl/α,β-unsaturated/α-hetero) is 1. The van der Waals surface area contributed by atoms with Gasteiger partial charge in [0.05, 0.1) is 17.0 Å². The quantitative estimate of drug-likeness (QED) is 0.608. The molecular formula is C10H9Br2ClO2. The Bertz CT molecular complexity index is 368. The van der Waals surface area contributed by atoms with Gasteiger partial charge in [-0.05, 0) is 18.2 Å². The highest BCUT2D eigenvalue weighted by molar-refractivity contribution is 9.12. The number of ether oxygens (including phenoxy) is 1. The first kappa shape index (κ1) is 13.0. The van der Waals surface area contributed by atoms with Crippen molar-refractivity contribution in [1.82, 2.24) is 0 Å². The summed E-state index contributed by atoms with van der Waals surface area (Å²) in [7, 11) is 1.55. The number of hydrogen-bond acceptors (Lipinski definition) is 2. The first-order chi connectivity index (χ1) is 7.10. The number of rotatable bonds is 4. The number of halogens is 3. The van der Waals surface area contributed by atoms with Crippen LogP contribution in [0, 0.1) is 0 Å². The van der Waals surface area contributed by atoms with Gasteiger partial charge < -0.3 is 4.74 Å². The summed E-state index contributed by atoms with van der Waals surface area (Å²) in [6.07, 6.45) is 0. The van der Waals surface area contributed by atoms with Crippen molar-refractivity contribution in [2.24, 2.45) is 0 Å². The Balaban J connectivity index is 3.00. The van der Waals surface area contributed by atoms with Gasteiger partial charge in [-0.3, -0.25) is 4.79 Å². The highest BCUT2D eigenvalue weighted by atomic mass is 79.9. The summed E-state index contributed by atoms with van der Waals surface area (Å²) in [6.45, 7) is 0. The summed E-state index contributed by atoms with van der Waals surface area (Å²) in [5, 5.41) is 0.957. The first-order valence-corrected chi connectivity index (χ1v) is 6.59. The van der Waals surface area contributed by atoms with Crippen molar-refractivity contribution in [2.45, 2.75) is 4.83 Å².